The number of halogens is 1. The van der Waals surface area contributed by atoms with Gasteiger partial charge in [0.05, 0.1) is 4.34 Å². The molecule has 0 aliphatic rings. The van der Waals surface area contributed by atoms with E-state index in [1.54, 1.807) is 11.3 Å². The first-order chi connectivity index (χ1) is 9.01. The van der Waals surface area contributed by atoms with Crippen LogP contribution in [0, 0.1) is 20.8 Å². The average Bonchev–Trinajstić information content (AvgIpc) is 2.75. The highest BCUT2D eigenvalue weighted by molar-refractivity contribution is 7.16. The Bertz CT molecular complexity index is 551. The molecule has 3 heteroatoms. The molecule has 0 aliphatic heterocycles. The molecule has 0 spiro atoms. The van der Waals surface area contributed by atoms with Crippen molar-refractivity contribution in [3.05, 3.63) is 55.7 Å². The van der Waals surface area contributed by atoms with E-state index in [-0.39, 0.29) is 0 Å². The summed E-state index contributed by atoms with van der Waals surface area (Å²) >= 11 is 7.70. The van der Waals surface area contributed by atoms with Crippen molar-refractivity contribution in [1.29, 1.82) is 0 Å². The van der Waals surface area contributed by atoms with Crippen LogP contribution in [0.25, 0.3) is 0 Å². The second-order valence-electron chi connectivity index (χ2n) is 5.06. The van der Waals surface area contributed by atoms with Gasteiger partial charge in [-0.1, -0.05) is 29.3 Å². The van der Waals surface area contributed by atoms with E-state index in [0.29, 0.717) is 6.04 Å². The van der Waals surface area contributed by atoms with Gasteiger partial charge in [0.1, 0.15) is 0 Å². The molecular weight excluding hydrogens is 274 g/mol. The number of nitrogens with one attached hydrogen (secondary N) is 1. The maximum Gasteiger partial charge on any atom is 0.0931 e. The fourth-order valence-corrected chi connectivity index (χ4v) is 3.77. The van der Waals surface area contributed by atoms with Crippen LogP contribution in [0.1, 0.15) is 33.2 Å². The molecule has 102 valence electrons. The molecule has 1 aromatic carbocycles. The largest absolute Gasteiger partial charge is 0.312 e. The second kappa shape index (κ2) is 6.08. The second-order valence-corrected chi connectivity index (χ2v) is 6.81. The predicted octanol–water partition coefficient (Wildman–Crippen LogP) is 4.83. The van der Waals surface area contributed by atoms with E-state index in [2.05, 4.69) is 44.3 Å². The highest BCUT2D eigenvalue weighted by atomic mass is 35.5. The third-order valence-corrected chi connectivity index (χ3v) is 4.88. The van der Waals surface area contributed by atoms with Crippen LogP contribution in [0.5, 0.6) is 0 Å². The Labute approximate surface area is 124 Å². The lowest BCUT2D eigenvalue weighted by Gasteiger charge is -2.18. The normalized spacial score (nSPS) is 12.7. The van der Waals surface area contributed by atoms with Crippen molar-refractivity contribution in [1.82, 2.24) is 5.32 Å². The molecule has 1 N–H and O–H groups in total. The summed E-state index contributed by atoms with van der Waals surface area (Å²) in [5.74, 6) is 0. The molecule has 2 aromatic rings. The zero-order valence-electron chi connectivity index (χ0n) is 11.9. The number of aryl methyl sites for hydroxylation is 3. The van der Waals surface area contributed by atoms with Gasteiger partial charge in [-0.15, -0.1) is 11.3 Å². The van der Waals surface area contributed by atoms with Gasteiger partial charge in [-0.25, -0.2) is 0 Å². The van der Waals surface area contributed by atoms with Crippen molar-refractivity contribution < 1.29 is 0 Å². The van der Waals surface area contributed by atoms with Crippen LogP contribution in [0.15, 0.2) is 24.3 Å². The maximum atomic E-state index is 6.04. The summed E-state index contributed by atoms with van der Waals surface area (Å²) in [6.07, 6.45) is 1.01. The third kappa shape index (κ3) is 3.38. The van der Waals surface area contributed by atoms with E-state index < -0.39 is 0 Å². The van der Waals surface area contributed by atoms with Gasteiger partial charge in [-0.2, -0.15) is 0 Å². The van der Waals surface area contributed by atoms with Crippen molar-refractivity contribution in [3.63, 3.8) is 0 Å². The summed E-state index contributed by atoms with van der Waals surface area (Å²) in [6.45, 7) is 6.55. The van der Waals surface area contributed by atoms with Crippen molar-refractivity contribution in [2.45, 2.75) is 33.2 Å². The first-order valence-electron chi connectivity index (χ1n) is 6.50. The lowest BCUT2D eigenvalue weighted by Crippen LogP contribution is -2.18. The monoisotopic (exact) mass is 293 g/mol. The quantitative estimate of drug-likeness (QED) is 0.851. The van der Waals surface area contributed by atoms with Gasteiger partial charge in [0.25, 0.3) is 0 Å². The van der Waals surface area contributed by atoms with Gasteiger partial charge in [-0.3, -0.25) is 0 Å². The minimum absolute atomic E-state index is 0.331. The maximum absolute atomic E-state index is 6.04. The van der Waals surface area contributed by atoms with Crippen LogP contribution in [0.4, 0.5) is 0 Å². The number of rotatable bonds is 4. The number of hydrogen-bond acceptors (Lipinski definition) is 2. The molecule has 19 heavy (non-hydrogen) atoms. The van der Waals surface area contributed by atoms with Crippen molar-refractivity contribution in [3.8, 4) is 0 Å². The van der Waals surface area contributed by atoms with E-state index in [1.807, 2.05) is 13.1 Å². The molecule has 1 aromatic heterocycles. The van der Waals surface area contributed by atoms with Gasteiger partial charge in [0.15, 0.2) is 0 Å². The molecule has 1 heterocycles. The minimum Gasteiger partial charge on any atom is -0.312 e. The Morgan fingerprint density at radius 1 is 1.16 bits per heavy atom. The van der Waals surface area contributed by atoms with Crippen molar-refractivity contribution >= 4 is 22.9 Å². The smallest absolute Gasteiger partial charge is 0.0931 e. The first kappa shape index (κ1) is 14.6. The molecule has 0 fully saturated rings. The molecule has 1 nitrogen and oxygen atoms in total. The van der Waals surface area contributed by atoms with Gasteiger partial charge >= 0.3 is 0 Å². The number of benzene rings is 1. The van der Waals surface area contributed by atoms with Crippen LogP contribution < -0.4 is 5.32 Å². The van der Waals surface area contributed by atoms with Crippen LogP contribution in [0.2, 0.25) is 4.34 Å². The number of likely N-dealkylation sites (N-methyl/N-ethyl adjacent to an activating group) is 1. The Morgan fingerprint density at radius 3 is 2.26 bits per heavy atom. The third-order valence-electron chi connectivity index (χ3n) is 3.53. The summed E-state index contributed by atoms with van der Waals surface area (Å²) in [7, 11) is 2.01. The lowest BCUT2D eigenvalue weighted by atomic mass is 9.94. The fraction of sp³-hybridized carbons (Fsp3) is 0.375. The van der Waals surface area contributed by atoms with Gasteiger partial charge in [-0.05, 0) is 63.1 Å². The summed E-state index contributed by atoms with van der Waals surface area (Å²) in [5.41, 5.74) is 5.52. The summed E-state index contributed by atoms with van der Waals surface area (Å²) < 4.78 is 0.854. The molecule has 2 rings (SSSR count). The van der Waals surface area contributed by atoms with E-state index in [9.17, 15) is 0 Å². The fourth-order valence-electron chi connectivity index (χ4n) is 2.60. The highest BCUT2D eigenvalue weighted by Crippen LogP contribution is 2.30. The molecule has 0 saturated carbocycles. The van der Waals surface area contributed by atoms with E-state index in [4.69, 9.17) is 11.6 Å². The highest BCUT2D eigenvalue weighted by Gasteiger charge is 2.15. The molecule has 0 bridgehead atoms. The summed E-state index contributed by atoms with van der Waals surface area (Å²) in [6, 6.07) is 8.94. The minimum atomic E-state index is 0.331. The van der Waals surface area contributed by atoms with Gasteiger partial charge < -0.3 is 5.32 Å². The number of thiophene rings is 1. The lowest BCUT2D eigenvalue weighted by molar-refractivity contribution is 0.599. The topological polar surface area (TPSA) is 12.0 Å². The Balaban J connectivity index is 2.28. The van der Waals surface area contributed by atoms with Crippen molar-refractivity contribution in [2.24, 2.45) is 0 Å². The molecule has 1 unspecified atom stereocenters. The Hall–Kier alpha value is -0.830. The molecule has 0 amide bonds. The zero-order valence-corrected chi connectivity index (χ0v) is 13.5. The van der Waals surface area contributed by atoms with Crippen LogP contribution in [-0.2, 0) is 6.42 Å². The SMILES string of the molecule is CNC(Cc1c(C)cc(C)cc1C)c1ccc(Cl)s1. The van der Waals surface area contributed by atoms with E-state index in [0.717, 1.165) is 10.8 Å². The van der Waals surface area contributed by atoms with Crippen molar-refractivity contribution in [2.75, 3.05) is 7.05 Å². The van der Waals surface area contributed by atoms with E-state index >= 15 is 0 Å². The van der Waals surface area contributed by atoms with Crippen LogP contribution in [0.3, 0.4) is 0 Å². The van der Waals surface area contributed by atoms with Gasteiger partial charge in [0, 0.05) is 10.9 Å². The molecule has 0 saturated heterocycles. The number of hydrogen-bond donors (Lipinski definition) is 1. The molecule has 1 atom stereocenters. The van der Waals surface area contributed by atoms with Gasteiger partial charge in [0.2, 0.25) is 0 Å². The van der Waals surface area contributed by atoms with Crippen LogP contribution in [-0.4, -0.2) is 7.05 Å². The first-order valence-corrected chi connectivity index (χ1v) is 7.70. The molecule has 0 radical (unpaired) electrons. The standard InChI is InChI=1S/C16H20ClNS/c1-10-7-11(2)13(12(3)8-10)9-14(18-4)15-5-6-16(17)19-15/h5-8,14,18H,9H2,1-4H3. The summed E-state index contributed by atoms with van der Waals surface area (Å²) in [5, 5.41) is 3.40. The Kier molecular flexibility index (Phi) is 4.67. The molecular formula is C16H20ClNS. The molecule has 0 aliphatic carbocycles. The predicted molar refractivity (Wildman–Crippen MR) is 85.5 cm³/mol. The Morgan fingerprint density at radius 2 is 1.79 bits per heavy atom. The summed E-state index contributed by atoms with van der Waals surface area (Å²) in [4.78, 5) is 1.30. The average molecular weight is 294 g/mol. The van der Waals surface area contributed by atoms with Crippen LogP contribution >= 0.6 is 22.9 Å². The zero-order chi connectivity index (χ0) is 14.0. The van der Waals surface area contributed by atoms with E-state index in [1.165, 1.54) is 27.1 Å².